The number of alkyl halides is 2. The first kappa shape index (κ1) is 6.10. The second-order valence-electron chi connectivity index (χ2n) is 0.366. The van der Waals surface area contributed by atoms with Crippen molar-refractivity contribution in [2.75, 3.05) is 0 Å². The van der Waals surface area contributed by atoms with Gasteiger partial charge >= 0.3 is 49.1 Å². The zero-order chi connectivity index (χ0) is 4.28. The third-order valence-electron chi connectivity index (χ3n) is 0.0797. The van der Waals surface area contributed by atoms with Gasteiger partial charge in [-0.2, -0.15) is 0 Å². The fourth-order valence-corrected chi connectivity index (χ4v) is 0. The standard InChI is InChI=1S/CHAsCl2O/c2-5-1(3)4/h1H. The summed E-state index contributed by atoms with van der Waals surface area (Å²) in [6.45, 7) is 0. The Labute approximate surface area is 49.4 Å². The van der Waals surface area contributed by atoms with Crippen LogP contribution < -0.4 is 0 Å². The van der Waals surface area contributed by atoms with Crippen molar-refractivity contribution in [1.29, 1.82) is 0 Å². The quantitative estimate of drug-likeness (QED) is 0.423. The van der Waals surface area contributed by atoms with Crippen LogP contribution in [0.15, 0.2) is 0 Å². The molecule has 0 aliphatic rings. The van der Waals surface area contributed by atoms with Gasteiger partial charge < -0.3 is 0 Å². The van der Waals surface area contributed by atoms with Crippen LogP contribution in [-0.2, 0) is 3.73 Å². The molecule has 0 aliphatic heterocycles. The molecule has 0 aromatic heterocycles. The molecule has 0 fully saturated rings. The minimum atomic E-state index is -0.699. The summed E-state index contributed by atoms with van der Waals surface area (Å²) in [6.07, 6.45) is 0. The van der Waals surface area contributed by atoms with Crippen LogP contribution in [0, 0.1) is 0 Å². The van der Waals surface area contributed by atoms with Gasteiger partial charge in [-0.3, -0.25) is 0 Å². The molecule has 4 heteroatoms. The van der Waals surface area contributed by atoms with E-state index in [1.54, 1.807) is 17.2 Å². The van der Waals surface area contributed by atoms with Crippen molar-refractivity contribution in [3.05, 3.63) is 0 Å². The van der Waals surface area contributed by atoms with E-state index in [-0.39, 0.29) is 0 Å². The van der Waals surface area contributed by atoms with E-state index < -0.39 is 5.02 Å². The molecule has 5 heavy (non-hydrogen) atoms. The van der Waals surface area contributed by atoms with Crippen molar-refractivity contribution < 1.29 is 3.73 Å². The fourth-order valence-electron chi connectivity index (χ4n) is 0. The first-order valence-electron chi connectivity index (χ1n) is 0.855. The molecule has 0 N–H and O–H groups in total. The van der Waals surface area contributed by atoms with Crippen molar-refractivity contribution in [3.8, 4) is 0 Å². The maximum atomic E-state index is 4.99. The van der Waals surface area contributed by atoms with Crippen LogP contribution in [0.4, 0.5) is 0 Å². The predicted octanol–water partition coefficient (Wildman–Crippen LogP) is 0.848. The van der Waals surface area contributed by atoms with Crippen LogP contribution in [0.2, 0.25) is 0 Å². The van der Waals surface area contributed by atoms with Gasteiger partial charge in [-0.25, -0.2) is 0 Å². The summed E-state index contributed by atoms with van der Waals surface area (Å²) in [5.41, 5.74) is 0. The van der Waals surface area contributed by atoms with Crippen LogP contribution in [0.5, 0.6) is 0 Å². The van der Waals surface area contributed by atoms with E-state index in [1.165, 1.54) is 0 Å². The van der Waals surface area contributed by atoms with Gasteiger partial charge in [0.2, 0.25) is 0 Å². The van der Waals surface area contributed by atoms with Crippen LogP contribution in [0.25, 0.3) is 0 Å². The molecule has 0 unspecified atom stereocenters. The average Bonchev–Trinajstić information content (AvgIpc) is 1.38. The van der Waals surface area contributed by atoms with Gasteiger partial charge in [-0.15, -0.1) is 0 Å². The Morgan fingerprint density at radius 3 is 1.80 bits per heavy atom. The van der Waals surface area contributed by atoms with Crippen molar-refractivity contribution in [2.24, 2.45) is 0 Å². The van der Waals surface area contributed by atoms with E-state index in [1.807, 2.05) is 0 Å². The Morgan fingerprint density at radius 2 is 1.80 bits per heavy atom. The summed E-state index contributed by atoms with van der Waals surface area (Å²) in [5.74, 6) is 0. The SMILES string of the molecule is ClC(Cl)O[As]. The van der Waals surface area contributed by atoms with Gasteiger partial charge in [0.25, 0.3) is 0 Å². The molecule has 0 rings (SSSR count). The van der Waals surface area contributed by atoms with Gasteiger partial charge in [-0.05, 0) is 0 Å². The summed E-state index contributed by atoms with van der Waals surface area (Å²) in [4.78, 5) is 0. The van der Waals surface area contributed by atoms with E-state index in [0.717, 1.165) is 0 Å². The van der Waals surface area contributed by atoms with E-state index in [2.05, 4.69) is 3.73 Å². The molecule has 0 aromatic rings. The Balaban J connectivity index is 2.54. The van der Waals surface area contributed by atoms with Crippen molar-refractivity contribution >= 4 is 40.4 Å². The molecule has 0 heterocycles. The first-order chi connectivity index (χ1) is 2.27. The molecule has 0 spiro atoms. The molecular weight excluding hydrogens is 174 g/mol. The molecule has 0 amide bonds. The monoisotopic (exact) mass is 174 g/mol. The van der Waals surface area contributed by atoms with Crippen molar-refractivity contribution in [1.82, 2.24) is 0 Å². The van der Waals surface area contributed by atoms with Gasteiger partial charge in [0, 0.05) is 0 Å². The Hall–Kier alpha value is 1.10. The first-order valence-corrected chi connectivity index (χ1v) is 2.49. The number of rotatable bonds is 1. The number of hydrogen-bond acceptors (Lipinski definition) is 1. The Bertz CT molecular complexity index is 23.6. The zero-order valence-electron chi connectivity index (χ0n) is 2.19. The van der Waals surface area contributed by atoms with Gasteiger partial charge in [0.15, 0.2) is 0 Å². The molecule has 0 bridgehead atoms. The average molecular weight is 175 g/mol. The second-order valence-corrected chi connectivity index (χ2v) is 1.82. The molecule has 0 aliphatic carbocycles. The summed E-state index contributed by atoms with van der Waals surface area (Å²) in [5, 5.41) is -0.699. The zero-order valence-corrected chi connectivity index (χ0v) is 5.58. The normalized spacial score (nSPS) is 9.60. The molecule has 2 radical (unpaired) electrons. The van der Waals surface area contributed by atoms with Crippen LogP contribution >= 0.6 is 23.2 Å². The predicted molar refractivity (Wildman–Crippen MR) is 22.3 cm³/mol. The van der Waals surface area contributed by atoms with E-state index in [9.17, 15) is 0 Å². The summed E-state index contributed by atoms with van der Waals surface area (Å²) in [7, 11) is 0. The molecule has 1 nitrogen and oxygen atoms in total. The Kier molecular flexibility index (Phi) is 4.02. The van der Waals surface area contributed by atoms with Crippen LogP contribution in [-0.4, -0.2) is 22.2 Å². The molecule has 0 aromatic carbocycles. The topological polar surface area (TPSA) is 9.23 Å². The summed E-state index contributed by atoms with van der Waals surface area (Å²) >= 11 is 11.8. The molecular formula is CHAsCl2O. The van der Waals surface area contributed by atoms with Crippen molar-refractivity contribution in [3.63, 3.8) is 0 Å². The van der Waals surface area contributed by atoms with Gasteiger partial charge in [0.1, 0.15) is 0 Å². The van der Waals surface area contributed by atoms with E-state index in [0.29, 0.717) is 0 Å². The number of halogens is 2. The molecule has 0 saturated heterocycles. The van der Waals surface area contributed by atoms with Crippen molar-refractivity contribution in [2.45, 2.75) is 5.02 Å². The fraction of sp³-hybridized carbons (Fsp3) is 1.00. The second kappa shape index (κ2) is 3.29. The van der Waals surface area contributed by atoms with Crippen LogP contribution in [0.1, 0.15) is 0 Å². The molecule has 30 valence electrons. The van der Waals surface area contributed by atoms with Gasteiger partial charge in [0.05, 0.1) is 0 Å². The third kappa shape index (κ3) is 5.10. The van der Waals surface area contributed by atoms with E-state index in [4.69, 9.17) is 23.2 Å². The Morgan fingerprint density at radius 1 is 1.60 bits per heavy atom. The molecule has 0 saturated carbocycles. The molecule has 0 atom stereocenters. The number of hydrogen-bond donors (Lipinski definition) is 0. The maximum absolute atomic E-state index is 4.99. The van der Waals surface area contributed by atoms with Crippen LogP contribution in [0.3, 0.4) is 0 Å². The summed E-state index contributed by atoms with van der Waals surface area (Å²) in [6, 6.07) is 0. The van der Waals surface area contributed by atoms with Gasteiger partial charge in [-0.1, -0.05) is 0 Å². The summed E-state index contributed by atoms with van der Waals surface area (Å²) < 4.78 is 4.22. The van der Waals surface area contributed by atoms with E-state index >= 15 is 0 Å². The minimum absolute atomic E-state index is 0.699. The third-order valence-corrected chi connectivity index (χ3v) is 1.24.